The molecule has 0 saturated carbocycles. The van der Waals surface area contributed by atoms with Crippen molar-refractivity contribution in [3.63, 3.8) is 0 Å². The van der Waals surface area contributed by atoms with Crippen LogP contribution in [0.4, 0.5) is 10.1 Å². The van der Waals surface area contributed by atoms with Crippen LogP contribution in [-0.4, -0.2) is 15.5 Å². The number of nitrogens with zero attached hydrogens (tertiary/aromatic N) is 2. The molecule has 0 atom stereocenters. The number of nitrogens with one attached hydrogen (secondary N) is 1. The van der Waals surface area contributed by atoms with E-state index in [4.69, 9.17) is 0 Å². The Balaban J connectivity index is 1.76. The minimum Gasteiger partial charge on any atom is -0.329 e. The molecule has 0 fully saturated rings. The van der Waals surface area contributed by atoms with Crippen LogP contribution >= 0.6 is 27.7 Å². The Morgan fingerprint density at radius 3 is 2.72 bits per heavy atom. The molecule has 1 aromatic heterocycles. The summed E-state index contributed by atoms with van der Waals surface area (Å²) in [5.74, 6) is -0.599. The van der Waals surface area contributed by atoms with Crippen molar-refractivity contribution in [1.29, 1.82) is 0 Å². The van der Waals surface area contributed by atoms with Crippen molar-refractivity contribution in [2.24, 2.45) is 7.05 Å². The first-order chi connectivity index (χ1) is 12.0. The number of halogens is 2. The topological polar surface area (TPSA) is 46.9 Å². The van der Waals surface area contributed by atoms with Crippen LogP contribution < -0.4 is 5.32 Å². The van der Waals surface area contributed by atoms with E-state index >= 15 is 0 Å². The van der Waals surface area contributed by atoms with Crippen molar-refractivity contribution in [2.45, 2.75) is 16.5 Å². The van der Waals surface area contributed by atoms with Crippen LogP contribution in [0.3, 0.4) is 0 Å². The molecular weight excluding hydrogens is 405 g/mol. The summed E-state index contributed by atoms with van der Waals surface area (Å²) in [5.41, 5.74) is 1.32. The van der Waals surface area contributed by atoms with Gasteiger partial charge >= 0.3 is 0 Å². The van der Waals surface area contributed by atoms with E-state index in [0.29, 0.717) is 5.69 Å². The maximum absolute atomic E-state index is 13.6. The van der Waals surface area contributed by atoms with Crippen molar-refractivity contribution < 1.29 is 9.18 Å². The average molecular weight is 420 g/mol. The van der Waals surface area contributed by atoms with Crippen molar-refractivity contribution in [3.8, 4) is 0 Å². The molecule has 0 unspecified atom stereocenters. The summed E-state index contributed by atoms with van der Waals surface area (Å²) in [7, 11) is 1.88. The van der Waals surface area contributed by atoms with Crippen LogP contribution in [0.25, 0.3) is 0 Å². The summed E-state index contributed by atoms with van der Waals surface area (Å²) in [6.07, 6.45) is 3.74. The summed E-state index contributed by atoms with van der Waals surface area (Å²) < 4.78 is 16.5. The Bertz CT molecular complexity index is 896. The Morgan fingerprint density at radius 2 is 2.04 bits per heavy atom. The van der Waals surface area contributed by atoms with Gasteiger partial charge in [0.2, 0.25) is 5.91 Å². The third-order valence-corrected chi connectivity index (χ3v) is 5.15. The lowest BCUT2D eigenvalue weighted by atomic mass is 10.1. The molecule has 128 valence electrons. The van der Waals surface area contributed by atoms with E-state index < -0.39 is 5.82 Å². The van der Waals surface area contributed by atoms with Gasteiger partial charge in [-0.2, -0.15) is 0 Å². The van der Waals surface area contributed by atoms with E-state index in [1.165, 1.54) is 23.9 Å². The van der Waals surface area contributed by atoms with E-state index in [1.807, 2.05) is 42.1 Å². The van der Waals surface area contributed by atoms with Gasteiger partial charge in [0.1, 0.15) is 5.82 Å². The standard InChI is InChI=1S/C18H15BrFN3OS/c1-23-9-8-21-18(23)25-16-7-6-14(20)11-15(16)22-17(24)10-12-2-4-13(19)5-3-12/h2-9,11H,10H2,1H3,(H,22,24). The van der Waals surface area contributed by atoms with Gasteiger partial charge in [-0.3, -0.25) is 4.79 Å². The maximum Gasteiger partial charge on any atom is 0.228 e. The van der Waals surface area contributed by atoms with Crippen molar-refractivity contribution in [3.05, 3.63) is 70.7 Å². The molecule has 0 spiro atoms. The predicted molar refractivity (Wildman–Crippen MR) is 100 cm³/mol. The van der Waals surface area contributed by atoms with E-state index in [9.17, 15) is 9.18 Å². The first-order valence-corrected chi connectivity index (χ1v) is 9.11. The minimum absolute atomic E-state index is 0.199. The van der Waals surface area contributed by atoms with E-state index in [1.54, 1.807) is 12.3 Å². The van der Waals surface area contributed by atoms with E-state index in [-0.39, 0.29) is 12.3 Å². The number of aromatic nitrogens is 2. The molecule has 1 heterocycles. The molecule has 0 aliphatic carbocycles. The molecule has 2 aromatic carbocycles. The lowest BCUT2D eigenvalue weighted by Crippen LogP contribution is -2.15. The monoisotopic (exact) mass is 419 g/mol. The predicted octanol–water partition coefficient (Wildman–Crippen LogP) is 4.65. The van der Waals surface area contributed by atoms with Gasteiger partial charge in [0.25, 0.3) is 0 Å². The summed E-state index contributed by atoms with van der Waals surface area (Å²) in [5, 5.41) is 3.56. The average Bonchev–Trinajstić information content (AvgIpc) is 2.97. The van der Waals surface area contributed by atoms with Crippen molar-refractivity contribution in [1.82, 2.24) is 9.55 Å². The van der Waals surface area contributed by atoms with Gasteiger partial charge in [-0.05, 0) is 47.7 Å². The number of hydrogen-bond donors (Lipinski definition) is 1. The summed E-state index contributed by atoms with van der Waals surface area (Å²) in [4.78, 5) is 17.3. The zero-order chi connectivity index (χ0) is 17.8. The van der Waals surface area contributed by atoms with E-state index in [0.717, 1.165) is 20.1 Å². The molecule has 0 aliphatic heterocycles. The fraction of sp³-hybridized carbons (Fsp3) is 0.111. The highest BCUT2D eigenvalue weighted by molar-refractivity contribution is 9.10. The first kappa shape index (κ1) is 17.7. The molecule has 3 aromatic rings. The smallest absolute Gasteiger partial charge is 0.228 e. The quantitative estimate of drug-likeness (QED) is 0.654. The Labute approximate surface area is 157 Å². The molecule has 0 bridgehead atoms. The fourth-order valence-electron chi connectivity index (χ4n) is 2.22. The third kappa shape index (κ3) is 4.70. The zero-order valence-electron chi connectivity index (χ0n) is 13.4. The van der Waals surface area contributed by atoms with Gasteiger partial charge in [0.15, 0.2) is 5.16 Å². The number of carbonyl (C=O) groups excluding carboxylic acids is 1. The van der Waals surface area contributed by atoms with Gasteiger partial charge in [0.05, 0.1) is 12.1 Å². The van der Waals surface area contributed by atoms with Crippen LogP contribution in [0.1, 0.15) is 5.56 Å². The summed E-state index contributed by atoms with van der Waals surface area (Å²) in [6.45, 7) is 0. The van der Waals surface area contributed by atoms with Gasteiger partial charge in [-0.25, -0.2) is 9.37 Å². The molecule has 0 saturated heterocycles. The second-order valence-electron chi connectivity index (χ2n) is 5.41. The van der Waals surface area contributed by atoms with Crippen molar-refractivity contribution in [2.75, 3.05) is 5.32 Å². The highest BCUT2D eigenvalue weighted by Gasteiger charge is 2.12. The molecule has 0 aliphatic rings. The Morgan fingerprint density at radius 1 is 1.28 bits per heavy atom. The molecular formula is C18H15BrFN3OS. The van der Waals surface area contributed by atoms with Gasteiger partial charge in [-0.1, -0.05) is 28.1 Å². The highest BCUT2D eigenvalue weighted by Crippen LogP contribution is 2.33. The van der Waals surface area contributed by atoms with Gasteiger partial charge < -0.3 is 9.88 Å². The first-order valence-electron chi connectivity index (χ1n) is 7.50. The third-order valence-electron chi connectivity index (χ3n) is 3.47. The number of anilines is 1. The van der Waals surface area contributed by atoms with Crippen LogP contribution in [0, 0.1) is 5.82 Å². The largest absolute Gasteiger partial charge is 0.329 e. The molecule has 3 rings (SSSR count). The highest BCUT2D eigenvalue weighted by atomic mass is 79.9. The van der Waals surface area contributed by atoms with Gasteiger partial charge in [-0.15, -0.1) is 0 Å². The zero-order valence-corrected chi connectivity index (χ0v) is 15.8. The van der Waals surface area contributed by atoms with Crippen LogP contribution in [0.5, 0.6) is 0 Å². The van der Waals surface area contributed by atoms with Crippen molar-refractivity contribution >= 4 is 39.3 Å². The normalized spacial score (nSPS) is 10.7. The lowest BCUT2D eigenvalue weighted by molar-refractivity contribution is -0.115. The minimum atomic E-state index is -0.400. The molecule has 25 heavy (non-hydrogen) atoms. The van der Waals surface area contributed by atoms with E-state index in [2.05, 4.69) is 26.2 Å². The number of imidazole rings is 1. The number of aryl methyl sites for hydroxylation is 1. The summed E-state index contributed by atoms with van der Waals surface area (Å²) in [6, 6.07) is 11.8. The maximum atomic E-state index is 13.6. The fourth-order valence-corrected chi connectivity index (χ4v) is 3.36. The number of amides is 1. The number of hydrogen-bond acceptors (Lipinski definition) is 3. The molecule has 7 heteroatoms. The molecule has 0 radical (unpaired) electrons. The van der Waals surface area contributed by atoms with Crippen LogP contribution in [-0.2, 0) is 18.3 Å². The second kappa shape index (κ2) is 7.84. The second-order valence-corrected chi connectivity index (χ2v) is 7.34. The number of benzene rings is 2. The molecule has 4 nitrogen and oxygen atoms in total. The Hall–Kier alpha value is -2.12. The van der Waals surface area contributed by atoms with Gasteiger partial charge in [0, 0.05) is 28.8 Å². The van der Waals surface area contributed by atoms with Crippen LogP contribution in [0.2, 0.25) is 0 Å². The summed E-state index contributed by atoms with van der Waals surface area (Å²) >= 11 is 4.73. The number of rotatable bonds is 5. The van der Waals surface area contributed by atoms with Crippen LogP contribution in [0.15, 0.2) is 69.4 Å². The SMILES string of the molecule is Cn1ccnc1Sc1ccc(F)cc1NC(=O)Cc1ccc(Br)cc1. The molecule has 1 N–H and O–H groups in total. The molecule has 1 amide bonds. The lowest BCUT2D eigenvalue weighted by Gasteiger charge is -2.11. The number of carbonyl (C=O) groups is 1. The Kier molecular flexibility index (Phi) is 5.55.